The summed E-state index contributed by atoms with van der Waals surface area (Å²) in [6.07, 6.45) is 0. The van der Waals surface area contributed by atoms with Crippen molar-refractivity contribution in [2.45, 2.75) is 6.92 Å². The minimum absolute atomic E-state index is 0.0233. The van der Waals surface area contributed by atoms with Gasteiger partial charge < -0.3 is 5.11 Å². The van der Waals surface area contributed by atoms with E-state index in [1.165, 1.54) is 0 Å². The number of hydrogen-bond donors (Lipinski definition) is 1. The van der Waals surface area contributed by atoms with Crippen LogP contribution >= 0.6 is 0 Å². The predicted molar refractivity (Wildman–Crippen MR) is 111 cm³/mol. The molecule has 28 heavy (non-hydrogen) atoms. The van der Waals surface area contributed by atoms with E-state index in [4.69, 9.17) is 4.98 Å². The van der Waals surface area contributed by atoms with Crippen molar-refractivity contribution >= 4 is 33.1 Å². The lowest BCUT2D eigenvalue weighted by atomic mass is 9.98. The van der Waals surface area contributed by atoms with E-state index >= 15 is 0 Å². The van der Waals surface area contributed by atoms with Gasteiger partial charge in [-0.3, -0.25) is 4.79 Å². The highest BCUT2D eigenvalue weighted by molar-refractivity contribution is 5.90. The molecule has 1 aliphatic heterocycles. The van der Waals surface area contributed by atoms with Crippen LogP contribution in [-0.2, 0) is 0 Å². The fourth-order valence-corrected chi connectivity index (χ4v) is 3.85. The van der Waals surface area contributed by atoms with Crippen LogP contribution in [0.4, 0.5) is 5.69 Å². The predicted octanol–water partition coefficient (Wildman–Crippen LogP) is 3.55. The van der Waals surface area contributed by atoms with Gasteiger partial charge in [0.15, 0.2) is 10.9 Å². The first-order chi connectivity index (χ1) is 13.6. The molecule has 0 bridgehead atoms. The fraction of sp³-hybridized carbons (Fsp3) is 0.0417. The monoisotopic (exact) mass is 364 g/mol. The third-order valence-corrected chi connectivity index (χ3v) is 5.03. The standard InChI is InChI=1S/C24H16N2O2/c1-14(27)20-22-16-10-5-6-11-17(16)23(28)18-12-7-13-19(21(18)22)26-24(20)25-15-8-3-2-4-9-15/h2-13,27H,1H3/b20-14+,25-24?. The zero-order valence-corrected chi connectivity index (χ0v) is 15.2. The normalized spacial score (nSPS) is 13.5. The van der Waals surface area contributed by atoms with Crippen LogP contribution in [0.15, 0.2) is 82.6 Å². The summed E-state index contributed by atoms with van der Waals surface area (Å²) in [5, 5.41) is 14.8. The smallest absolute Gasteiger partial charge is 0.194 e. The van der Waals surface area contributed by atoms with Crippen LogP contribution in [0.5, 0.6) is 0 Å². The van der Waals surface area contributed by atoms with Crippen molar-refractivity contribution in [2.75, 3.05) is 0 Å². The van der Waals surface area contributed by atoms with E-state index < -0.39 is 0 Å². The van der Waals surface area contributed by atoms with E-state index in [2.05, 4.69) is 4.99 Å². The van der Waals surface area contributed by atoms with E-state index in [0.717, 1.165) is 21.5 Å². The Labute approximate surface area is 159 Å². The van der Waals surface area contributed by atoms with Gasteiger partial charge in [0.2, 0.25) is 0 Å². The molecular formula is C24H16N2O2. The van der Waals surface area contributed by atoms with E-state index in [9.17, 15) is 9.90 Å². The van der Waals surface area contributed by atoms with Gasteiger partial charge in [-0.05, 0) is 30.5 Å². The topological polar surface area (TPSA) is 62.6 Å². The average Bonchev–Trinajstić information content (AvgIpc) is 2.72. The Morgan fingerprint density at radius 2 is 1.50 bits per heavy atom. The zero-order chi connectivity index (χ0) is 19.3. The molecule has 2 aliphatic rings. The molecule has 3 aromatic rings. The summed E-state index contributed by atoms with van der Waals surface area (Å²) in [6.45, 7) is 1.63. The number of para-hydroxylation sites is 1. The van der Waals surface area contributed by atoms with Crippen molar-refractivity contribution in [3.63, 3.8) is 0 Å². The Morgan fingerprint density at radius 3 is 2.25 bits per heavy atom. The number of aromatic nitrogens is 1. The molecule has 4 nitrogen and oxygen atoms in total. The van der Waals surface area contributed by atoms with Crippen LogP contribution in [-0.4, -0.2) is 10.1 Å². The summed E-state index contributed by atoms with van der Waals surface area (Å²) in [4.78, 5) is 22.4. The summed E-state index contributed by atoms with van der Waals surface area (Å²) in [7, 11) is 0. The molecule has 0 saturated heterocycles. The van der Waals surface area contributed by atoms with E-state index in [0.29, 0.717) is 27.0 Å². The van der Waals surface area contributed by atoms with Gasteiger partial charge >= 0.3 is 0 Å². The van der Waals surface area contributed by atoms with Gasteiger partial charge in [0.1, 0.15) is 5.76 Å². The quantitative estimate of drug-likeness (QED) is 0.495. The number of aliphatic hydroxyl groups excluding tert-OH is 1. The van der Waals surface area contributed by atoms with Crippen LogP contribution in [0, 0.1) is 10.4 Å². The van der Waals surface area contributed by atoms with E-state index in [1.807, 2.05) is 72.8 Å². The van der Waals surface area contributed by atoms with Crippen LogP contribution in [0.25, 0.3) is 27.4 Å². The van der Waals surface area contributed by atoms with Gasteiger partial charge in [0.25, 0.3) is 0 Å². The average molecular weight is 364 g/mol. The number of benzene rings is 3. The Bertz CT molecular complexity index is 1590. The largest absolute Gasteiger partial charge is 0.512 e. The SMILES string of the molecule is C/C(O)=c1\c(=Nc2ccccc2)nc2cccc3c2=c1c1ccccc1c3=O. The highest BCUT2D eigenvalue weighted by Gasteiger charge is 2.13. The van der Waals surface area contributed by atoms with Crippen molar-refractivity contribution in [3.8, 4) is 0 Å². The highest BCUT2D eigenvalue weighted by atomic mass is 16.3. The fourth-order valence-electron chi connectivity index (χ4n) is 3.85. The minimum atomic E-state index is -0.0233. The molecule has 1 N–H and O–H groups in total. The van der Waals surface area contributed by atoms with Crippen molar-refractivity contribution < 1.29 is 5.11 Å². The maximum absolute atomic E-state index is 13.0. The number of rotatable bonds is 1. The third-order valence-electron chi connectivity index (χ3n) is 5.03. The van der Waals surface area contributed by atoms with Crippen molar-refractivity contribution in [3.05, 3.63) is 104 Å². The van der Waals surface area contributed by atoms with E-state index in [1.54, 1.807) is 6.92 Å². The lowest BCUT2D eigenvalue weighted by molar-refractivity contribution is 0.497. The van der Waals surface area contributed by atoms with Gasteiger partial charge in [0.05, 0.1) is 16.4 Å². The summed E-state index contributed by atoms with van der Waals surface area (Å²) in [6, 6.07) is 22.5. The summed E-state index contributed by atoms with van der Waals surface area (Å²) >= 11 is 0. The molecule has 3 aromatic carbocycles. The molecule has 0 saturated carbocycles. The maximum Gasteiger partial charge on any atom is 0.194 e. The maximum atomic E-state index is 13.0. The van der Waals surface area contributed by atoms with Crippen LogP contribution < -0.4 is 16.1 Å². The molecule has 1 heterocycles. The number of fused-ring (bicyclic) bond motifs is 2. The second-order valence-electron chi connectivity index (χ2n) is 6.79. The zero-order valence-electron chi connectivity index (χ0n) is 15.2. The number of aliphatic hydroxyl groups is 1. The van der Waals surface area contributed by atoms with Crippen LogP contribution in [0.3, 0.4) is 0 Å². The van der Waals surface area contributed by atoms with Gasteiger partial charge in [-0.1, -0.05) is 54.6 Å². The van der Waals surface area contributed by atoms with Crippen molar-refractivity contribution in [1.82, 2.24) is 4.98 Å². The molecule has 0 atom stereocenters. The van der Waals surface area contributed by atoms with Gasteiger partial charge in [0, 0.05) is 21.2 Å². The number of hydrogen-bond acceptors (Lipinski definition) is 4. The molecule has 134 valence electrons. The molecule has 0 unspecified atom stereocenters. The van der Waals surface area contributed by atoms with Gasteiger partial charge in [-0.15, -0.1) is 0 Å². The third kappa shape index (κ3) is 2.35. The molecule has 0 fully saturated rings. The molecule has 1 aliphatic carbocycles. The second-order valence-corrected chi connectivity index (χ2v) is 6.79. The van der Waals surface area contributed by atoms with Crippen molar-refractivity contribution in [1.29, 1.82) is 0 Å². The Hall–Kier alpha value is -3.79. The molecule has 0 amide bonds. The Balaban J connectivity index is 2.20. The number of nitrogens with zero attached hydrogens (tertiary/aromatic N) is 2. The molecule has 5 rings (SSSR count). The summed E-state index contributed by atoms with van der Waals surface area (Å²) in [5.41, 5.74) is 1.86. The first-order valence-corrected chi connectivity index (χ1v) is 9.05. The molecular weight excluding hydrogens is 348 g/mol. The first-order valence-electron chi connectivity index (χ1n) is 9.05. The minimum Gasteiger partial charge on any atom is -0.512 e. The molecule has 0 aromatic heterocycles. The van der Waals surface area contributed by atoms with Crippen LogP contribution in [0.2, 0.25) is 0 Å². The lowest BCUT2D eigenvalue weighted by Gasteiger charge is -2.07. The Kier molecular flexibility index (Phi) is 3.59. The van der Waals surface area contributed by atoms with Crippen LogP contribution in [0.1, 0.15) is 6.92 Å². The highest BCUT2D eigenvalue weighted by Crippen LogP contribution is 2.18. The summed E-state index contributed by atoms with van der Waals surface area (Å²) in [5.74, 6) is 0.123. The van der Waals surface area contributed by atoms with E-state index in [-0.39, 0.29) is 11.2 Å². The second kappa shape index (κ2) is 6.13. The lowest BCUT2D eigenvalue weighted by Crippen LogP contribution is -2.33. The Morgan fingerprint density at radius 1 is 0.821 bits per heavy atom. The summed E-state index contributed by atoms with van der Waals surface area (Å²) < 4.78 is 0. The molecule has 0 radical (unpaired) electrons. The molecule has 0 spiro atoms. The van der Waals surface area contributed by atoms with Gasteiger partial charge in [-0.2, -0.15) is 0 Å². The van der Waals surface area contributed by atoms with Gasteiger partial charge in [-0.25, -0.2) is 9.98 Å². The first kappa shape index (κ1) is 16.4. The van der Waals surface area contributed by atoms with Crippen molar-refractivity contribution in [2.24, 2.45) is 4.99 Å². The molecule has 4 heteroatoms.